The molecule has 0 aromatic heterocycles. The lowest BCUT2D eigenvalue weighted by molar-refractivity contribution is -0.130. The van der Waals surface area contributed by atoms with Crippen molar-refractivity contribution in [3.63, 3.8) is 0 Å². The third-order valence-corrected chi connectivity index (χ3v) is 3.62. The fourth-order valence-electron chi connectivity index (χ4n) is 1.62. The Morgan fingerprint density at radius 2 is 1.37 bits per heavy atom. The van der Waals surface area contributed by atoms with Crippen LogP contribution in [0.25, 0.3) is 11.6 Å². The first-order chi connectivity index (χ1) is 9.06. The first kappa shape index (κ1) is 14.0. The summed E-state index contributed by atoms with van der Waals surface area (Å²) in [4.78, 5) is 11.4. The van der Waals surface area contributed by atoms with E-state index in [0.717, 1.165) is 14.5 Å². The van der Waals surface area contributed by atoms with E-state index in [1.165, 1.54) is 0 Å². The molecule has 0 atom stereocenters. The molecule has 0 aliphatic carbocycles. The molecule has 0 fully saturated rings. The molecule has 2 aromatic carbocycles. The highest BCUT2D eigenvalue weighted by molar-refractivity contribution is 9.10. The van der Waals surface area contributed by atoms with Gasteiger partial charge in [-0.15, -0.1) is 0 Å². The molecule has 0 bridgehead atoms. The van der Waals surface area contributed by atoms with Crippen LogP contribution in [0.4, 0.5) is 0 Å². The summed E-state index contributed by atoms with van der Waals surface area (Å²) in [7, 11) is 0. The van der Waals surface area contributed by atoms with Crippen LogP contribution < -0.4 is 0 Å². The van der Waals surface area contributed by atoms with Crippen LogP contribution in [0, 0.1) is 0 Å². The minimum atomic E-state index is -0.940. The summed E-state index contributed by atoms with van der Waals surface area (Å²) >= 11 is 6.69. The van der Waals surface area contributed by atoms with Crippen molar-refractivity contribution in [2.45, 2.75) is 0 Å². The summed E-state index contributed by atoms with van der Waals surface area (Å²) in [5.41, 5.74) is 1.80. The number of carboxylic acids is 1. The zero-order chi connectivity index (χ0) is 13.8. The second-order valence-corrected chi connectivity index (χ2v) is 5.75. The normalized spacial score (nSPS) is 11.4. The third-order valence-electron chi connectivity index (χ3n) is 2.57. The minimum Gasteiger partial charge on any atom is -0.478 e. The number of carboxylic acid groups (broad SMARTS) is 1. The zero-order valence-corrected chi connectivity index (χ0v) is 13.0. The van der Waals surface area contributed by atoms with E-state index in [1.807, 2.05) is 36.4 Å². The van der Waals surface area contributed by atoms with Gasteiger partial charge in [0.25, 0.3) is 0 Å². The highest BCUT2D eigenvalue weighted by atomic mass is 79.9. The first-order valence-electron chi connectivity index (χ1n) is 5.53. The van der Waals surface area contributed by atoms with Crippen LogP contribution in [-0.2, 0) is 4.79 Å². The van der Waals surface area contributed by atoms with E-state index in [-0.39, 0.29) is 5.57 Å². The largest absolute Gasteiger partial charge is 0.478 e. The topological polar surface area (TPSA) is 37.3 Å². The molecule has 0 aliphatic rings. The van der Waals surface area contributed by atoms with Crippen LogP contribution in [0.1, 0.15) is 11.1 Å². The highest BCUT2D eigenvalue weighted by Crippen LogP contribution is 2.21. The van der Waals surface area contributed by atoms with Gasteiger partial charge in [-0.2, -0.15) is 0 Å². The average Bonchev–Trinajstić information content (AvgIpc) is 2.39. The average molecular weight is 382 g/mol. The van der Waals surface area contributed by atoms with Crippen LogP contribution in [0.2, 0.25) is 0 Å². The quantitative estimate of drug-likeness (QED) is 0.610. The monoisotopic (exact) mass is 380 g/mol. The third kappa shape index (κ3) is 3.78. The van der Waals surface area contributed by atoms with Gasteiger partial charge in [0.1, 0.15) is 0 Å². The maximum Gasteiger partial charge on any atom is 0.336 e. The molecule has 0 unspecified atom stereocenters. The number of hydrogen-bond donors (Lipinski definition) is 1. The molecule has 0 spiro atoms. The molecule has 2 nitrogen and oxygen atoms in total. The van der Waals surface area contributed by atoms with E-state index >= 15 is 0 Å². The molecule has 0 saturated heterocycles. The molecule has 0 radical (unpaired) electrons. The molecule has 0 aliphatic heterocycles. The molecule has 1 N–H and O–H groups in total. The van der Waals surface area contributed by atoms with Crippen molar-refractivity contribution in [3.05, 3.63) is 68.6 Å². The molecule has 0 saturated carbocycles. The van der Waals surface area contributed by atoms with Gasteiger partial charge >= 0.3 is 5.97 Å². The van der Waals surface area contributed by atoms with Gasteiger partial charge in [0.15, 0.2) is 0 Å². The molecular formula is C15H10Br2O2. The smallest absolute Gasteiger partial charge is 0.336 e. The van der Waals surface area contributed by atoms with Crippen molar-refractivity contribution in [3.8, 4) is 0 Å². The van der Waals surface area contributed by atoms with Gasteiger partial charge in [-0.3, -0.25) is 0 Å². The molecule has 4 heteroatoms. The van der Waals surface area contributed by atoms with E-state index in [4.69, 9.17) is 0 Å². The molecule has 19 heavy (non-hydrogen) atoms. The lowest BCUT2D eigenvalue weighted by atomic mass is 10.0. The van der Waals surface area contributed by atoms with Crippen molar-refractivity contribution >= 4 is 49.5 Å². The fourth-order valence-corrected chi connectivity index (χ4v) is 2.15. The number of benzene rings is 2. The number of hydrogen-bond acceptors (Lipinski definition) is 1. The predicted octanol–water partition coefficient (Wildman–Crippen LogP) is 4.84. The van der Waals surface area contributed by atoms with E-state index in [0.29, 0.717) is 5.56 Å². The lowest BCUT2D eigenvalue weighted by Gasteiger charge is -2.03. The summed E-state index contributed by atoms with van der Waals surface area (Å²) < 4.78 is 1.88. The van der Waals surface area contributed by atoms with Gasteiger partial charge in [0, 0.05) is 8.95 Å². The Labute approximate surface area is 128 Å². The first-order valence-corrected chi connectivity index (χ1v) is 7.11. The van der Waals surface area contributed by atoms with Gasteiger partial charge in [-0.05, 0) is 41.5 Å². The maximum atomic E-state index is 11.4. The molecule has 2 rings (SSSR count). The standard InChI is InChI=1S/C15H10Br2O2/c16-12-5-1-10(2-6-12)9-14(15(18)19)11-3-7-13(17)8-4-11/h1-9H,(H,18,19)/b14-9+. The number of rotatable bonds is 3. The summed E-state index contributed by atoms with van der Waals surface area (Å²) in [6.45, 7) is 0. The van der Waals surface area contributed by atoms with E-state index in [2.05, 4.69) is 31.9 Å². The Morgan fingerprint density at radius 3 is 1.84 bits per heavy atom. The van der Waals surface area contributed by atoms with Gasteiger partial charge in [0.2, 0.25) is 0 Å². The highest BCUT2D eigenvalue weighted by Gasteiger charge is 2.10. The fraction of sp³-hybridized carbons (Fsp3) is 0. The molecule has 0 heterocycles. The Hall–Kier alpha value is -1.39. The number of halogens is 2. The predicted molar refractivity (Wildman–Crippen MR) is 83.8 cm³/mol. The Morgan fingerprint density at radius 1 is 0.895 bits per heavy atom. The molecule has 2 aromatic rings. The summed E-state index contributed by atoms with van der Waals surface area (Å²) in [5, 5.41) is 9.32. The Bertz CT molecular complexity index is 614. The Kier molecular flexibility index (Phi) is 4.56. The van der Waals surface area contributed by atoms with Gasteiger partial charge in [-0.25, -0.2) is 4.79 Å². The van der Waals surface area contributed by atoms with Gasteiger partial charge < -0.3 is 5.11 Å². The molecule has 96 valence electrons. The van der Waals surface area contributed by atoms with E-state index in [9.17, 15) is 9.90 Å². The van der Waals surface area contributed by atoms with Crippen LogP contribution in [0.3, 0.4) is 0 Å². The van der Waals surface area contributed by atoms with Crippen LogP contribution in [0.5, 0.6) is 0 Å². The van der Waals surface area contributed by atoms with Crippen molar-refractivity contribution in [2.75, 3.05) is 0 Å². The second kappa shape index (κ2) is 6.17. The van der Waals surface area contributed by atoms with Crippen molar-refractivity contribution in [1.29, 1.82) is 0 Å². The minimum absolute atomic E-state index is 0.273. The summed E-state index contributed by atoms with van der Waals surface area (Å²) in [6.07, 6.45) is 1.66. The zero-order valence-electron chi connectivity index (χ0n) is 9.81. The summed E-state index contributed by atoms with van der Waals surface area (Å²) in [5.74, 6) is -0.940. The van der Waals surface area contributed by atoms with Crippen molar-refractivity contribution < 1.29 is 9.90 Å². The van der Waals surface area contributed by atoms with Gasteiger partial charge in [-0.1, -0.05) is 56.1 Å². The van der Waals surface area contributed by atoms with Crippen molar-refractivity contribution in [1.82, 2.24) is 0 Å². The SMILES string of the molecule is O=C(O)/C(=C/c1ccc(Br)cc1)c1ccc(Br)cc1. The molecular weight excluding hydrogens is 372 g/mol. The van der Waals surface area contributed by atoms with Crippen molar-refractivity contribution in [2.24, 2.45) is 0 Å². The second-order valence-electron chi connectivity index (χ2n) is 3.92. The van der Waals surface area contributed by atoms with Crippen LogP contribution in [0.15, 0.2) is 57.5 Å². The van der Waals surface area contributed by atoms with E-state index in [1.54, 1.807) is 18.2 Å². The molecule has 0 amide bonds. The summed E-state index contributed by atoms with van der Waals surface area (Å²) in [6, 6.07) is 14.7. The van der Waals surface area contributed by atoms with E-state index < -0.39 is 5.97 Å². The van der Waals surface area contributed by atoms with Crippen LogP contribution in [-0.4, -0.2) is 11.1 Å². The van der Waals surface area contributed by atoms with Crippen LogP contribution >= 0.6 is 31.9 Å². The van der Waals surface area contributed by atoms with Gasteiger partial charge in [0.05, 0.1) is 5.57 Å². The lowest BCUT2D eigenvalue weighted by Crippen LogP contribution is -1.99. The maximum absolute atomic E-state index is 11.4. The number of carbonyl (C=O) groups is 1. The number of aliphatic carboxylic acids is 1. The Balaban J connectivity index is 2.43.